The van der Waals surface area contributed by atoms with E-state index in [0.717, 1.165) is 29.8 Å². The summed E-state index contributed by atoms with van der Waals surface area (Å²) >= 11 is 0. The van der Waals surface area contributed by atoms with Crippen molar-refractivity contribution >= 4 is 0 Å². The number of benzene rings is 2. The van der Waals surface area contributed by atoms with Crippen molar-refractivity contribution in [3.63, 3.8) is 0 Å². The number of nitrogens with one attached hydrogen (secondary N) is 1. The molecule has 0 fully saturated rings. The molecule has 0 spiro atoms. The Labute approximate surface area is 152 Å². The molecule has 0 aliphatic rings. The van der Waals surface area contributed by atoms with Gasteiger partial charge >= 0.3 is 5.95 Å². The van der Waals surface area contributed by atoms with Crippen LogP contribution in [-0.4, -0.2) is 20.6 Å². The summed E-state index contributed by atoms with van der Waals surface area (Å²) in [5, 5.41) is 14.8. The molecule has 4 aromatic rings. The summed E-state index contributed by atoms with van der Waals surface area (Å²) in [4.78, 5) is 0. The van der Waals surface area contributed by atoms with E-state index in [2.05, 4.69) is 80.6 Å². The van der Waals surface area contributed by atoms with Gasteiger partial charge in [0.05, 0.1) is 10.8 Å². The SMILES string of the molecule is CCCc1cc(-c2ccccc2)cc(-c2ccccc2)[n+]1-c1nn[nH]n1. The molecule has 0 unspecified atom stereocenters. The van der Waals surface area contributed by atoms with Gasteiger partial charge in [-0.1, -0.05) is 72.8 Å². The molecule has 0 radical (unpaired) electrons. The normalized spacial score (nSPS) is 10.8. The summed E-state index contributed by atoms with van der Waals surface area (Å²) in [6, 6.07) is 25.2. The van der Waals surface area contributed by atoms with E-state index in [1.807, 2.05) is 24.3 Å². The van der Waals surface area contributed by atoms with E-state index in [9.17, 15) is 0 Å². The zero-order chi connectivity index (χ0) is 17.8. The first kappa shape index (κ1) is 16.1. The standard InChI is InChI=1S/C21H20N5/c1-2-9-19-14-18(16-10-5-3-6-11-16)15-20(17-12-7-4-8-13-17)26(19)21-22-24-25-23-21/h3-8,10-15H,2,9H2,1H3,(H,22,23,24,25)/q+1. The molecule has 26 heavy (non-hydrogen) atoms. The van der Waals surface area contributed by atoms with Gasteiger partial charge in [0, 0.05) is 22.3 Å². The molecule has 2 aromatic heterocycles. The van der Waals surface area contributed by atoms with Crippen molar-refractivity contribution in [2.75, 3.05) is 0 Å². The molecule has 4 rings (SSSR count). The number of pyridine rings is 1. The van der Waals surface area contributed by atoms with E-state index in [4.69, 9.17) is 0 Å². The molecule has 2 heterocycles. The van der Waals surface area contributed by atoms with Crippen LogP contribution in [0.3, 0.4) is 0 Å². The third kappa shape index (κ3) is 3.11. The average molecular weight is 342 g/mol. The van der Waals surface area contributed by atoms with E-state index < -0.39 is 0 Å². The monoisotopic (exact) mass is 342 g/mol. The van der Waals surface area contributed by atoms with Crippen molar-refractivity contribution in [1.82, 2.24) is 20.6 Å². The molecule has 5 heteroatoms. The Morgan fingerprint density at radius 3 is 2.15 bits per heavy atom. The van der Waals surface area contributed by atoms with Crippen LogP contribution in [0.5, 0.6) is 0 Å². The smallest absolute Gasteiger partial charge is 0.192 e. The number of rotatable bonds is 5. The largest absolute Gasteiger partial charge is 0.483 e. The minimum Gasteiger partial charge on any atom is -0.192 e. The molecule has 1 N–H and O–H groups in total. The van der Waals surface area contributed by atoms with Crippen molar-refractivity contribution in [2.45, 2.75) is 19.8 Å². The van der Waals surface area contributed by atoms with Gasteiger partial charge in [-0.3, -0.25) is 0 Å². The second kappa shape index (κ2) is 7.27. The number of hydrogen-bond donors (Lipinski definition) is 1. The van der Waals surface area contributed by atoms with Gasteiger partial charge in [-0.2, -0.15) is 4.57 Å². The number of aromatic amines is 1. The first-order valence-electron chi connectivity index (χ1n) is 8.80. The zero-order valence-corrected chi connectivity index (χ0v) is 14.6. The maximum absolute atomic E-state index is 4.23. The van der Waals surface area contributed by atoms with Crippen LogP contribution in [0.15, 0.2) is 72.8 Å². The number of aromatic nitrogens is 5. The van der Waals surface area contributed by atoms with Gasteiger partial charge in [0.1, 0.15) is 5.69 Å². The lowest BCUT2D eigenvalue weighted by molar-refractivity contribution is -0.600. The van der Waals surface area contributed by atoms with Crippen LogP contribution in [0.1, 0.15) is 19.0 Å². The molecule has 0 amide bonds. The molecule has 0 aliphatic carbocycles. The molecular weight excluding hydrogens is 322 g/mol. The lowest BCUT2D eigenvalue weighted by atomic mass is 10.0. The first-order chi connectivity index (χ1) is 12.9. The summed E-state index contributed by atoms with van der Waals surface area (Å²) in [7, 11) is 0. The second-order valence-electron chi connectivity index (χ2n) is 6.15. The Balaban J connectivity index is 2.00. The molecule has 0 saturated carbocycles. The topological polar surface area (TPSA) is 58.3 Å². The summed E-state index contributed by atoms with van der Waals surface area (Å²) in [6.07, 6.45) is 1.96. The maximum atomic E-state index is 4.23. The molecule has 128 valence electrons. The minimum atomic E-state index is 0.562. The Kier molecular flexibility index (Phi) is 4.51. The van der Waals surface area contributed by atoms with E-state index in [-0.39, 0.29) is 0 Å². The minimum absolute atomic E-state index is 0.562. The van der Waals surface area contributed by atoms with E-state index >= 15 is 0 Å². The molecule has 2 aromatic carbocycles. The van der Waals surface area contributed by atoms with Crippen LogP contribution in [0.2, 0.25) is 0 Å². The van der Waals surface area contributed by atoms with Crippen molar-refractivity contribution < 1.29 is 4.57 Å². The van der Waals surface area contributed by atoms with E-state index in [1.165, 1.54) is 11.1 Å². The van der Waals surface area contributed by atoms with Crippen LogP contribution in [-0.2, 0) is 6.42 Å². The van der Waals surface area contributed by atoms with Crippen LogP contribution in [0.25, 0.3) is 28.3 Å². The number of hydrogen-bond acceptors (Lipinski definition) is 3. The van der Waals surface area contributed by atoms with Crippen molar-refractivity contribution in [3.8, 4) is 28.3 Å². The second-order valence-corrected chi connectivity index (χ2v) is 6.15. The van der Waals surface area contributed by atoms with Crippen LogP contribution < -0.4 is 4.57 Å². The fourth-order valence-electron chi connectivity index (χ4n) is 3.20. The van der Waals surface area contributed by atoms with Gasteiger partial charge in [-0.25, -0.2) is 0 Å². The third-order valence-electron chi connectivity index (χ3n) is 4.36. The van der Waals surface area contributed by atoms with Gasteiger partial charge in [-0.15, -0.1) is 0 Å². The van der Waals surface area contributed by atoms with Crippen molar-refractivity contribution in [3.05, 3.63) is 78.5 Å². The summed E-state index contributed by atoms with van der Waals surface area (Å²) in [5.74, 6) is 0.562. The summed E-state index contributed by atoms with van der Waals surface area (Å²) in [6.45, 7) is 2.18. The van der Waals surface area contributed by atoms with Crippen LogP contribution in [0.4, 0.5) is 0 Å². The zero-order valence-electron chi connectivity index (χ0n) is 14.6. The highest BCUT2D eigenvalue weighted by Gasteiger charge is 2.23. The molecule has 0 aliphatic heterocycles. The fraction of sp³-hybridized carbons (Fsp3) is 0.143. The summed E-state index contributed by atoms with van der Waals surface area (Å²) in [5.41, 5.74) is 5.72. The van der Waals surface area contributed by atoms with Gasteiger partial charge in [0.15, 0.2) is 0 Å². The highest BCUT2D eigenvalue weighted by Crippen LogP contribution is 2.26. The summed E-state index contributed by atoms with van der Waals surface area (Å²) < 4.78 is 2.09. The van der Waals surface area contributed by atoms with E-state index in [0.29, 0.717) is 5.95 Å². The number of H-pyrrole nitrogens is 1. The van der Waals surface area contributed by atoms with Gasteiger partial charge in [0.2, 0.25) is 0 Å². The van der Waals surface area contributed by atoms with Crippen LogP contribution >= 0.6 is 0 Å². The molecule has 0 bridgehead atoms. The predicted octanol–water partition coefficient (Wildman–Crippen LogP) is 3.76. The predicted molar refractivity (Wildman–Crippen MR) is 101 cm³/mol. The lowest BCUT2D eigenvalue weighted by Gasteiger charge is -2.13. The van der Waals surface area contributed by atoms with Crippen molar-refractivity contribution in [1.29, 1.82) is 0 Å². The number of nitrogens with zero attached hydrogens (tertiary/aromatic N) is 4. The van der Waals surface area contributed by atoms with Crippen LogP contribution in [0, 0.1) is 0 Å². The number of tetrazole rings is 1. The molecular formula is C21H20N5+. The average Bonchev–Trinajstić information content (AvgIpc) is 3.23. The Morgan fingerprint density at radius 2 is 1.54 bits per heavy atom. The van der Waals surface area contributed by atoms with E-state index in [1.54, 1.807) is 0 Å². The Morgan fingerprint density at radius 1 is 0.846 bits per heavy atom. The fourth-order valence-corrected chi connectivity index (χ4v) is 3.20. The Bertz CT molecular complexity index is 980. The lowest BCUT2D eigenvalue weighted by Crippen LogP contribution is -2.40. The molecule has 0 atom stereocenters. The quantitative estimate of drug-likeness (QED) is 0.562. The van der Waals surface area contributed by atoms with Crippen molar-refractivity contribution in [2.24, 2.45) is 0 Å². The number of aryl methyl sites for hydroxylation is 1. The van der Waals surface area contributed by atoms with Gasteiger partial charge in [0.25, 0.3) is 0 Å². The van der Waals surface area contributed by atoms with Gasteiger partial charge in [-0.05, 0) is 29.7 Å². The maximum Gasteiger partial charge on any atom is 0.483 e. The highest BCUT2D eigenvalue weighted by atomic mass is 15.5. The molecule has 5 nitrogen and oxygen atoms in total. The highest BCUT2D eigenvalue weighted by molar-refractivity contribution is 5.69. The molecule has 0 saturated heterocycles. The third-order valence-corrected chi connectivity index (χ3v) is 4.36. The Hall–Kier alpha value is -3.34. The van der Waals surface area contributed by atoms with Gasteiger partial charge < -0.3 is 0 Å². The first-order valence-corrected chi connectivity index (χ1v) is 8.80.